The minimum Gasteiger partial charge on any atom is -0.494 e. The maximum absolute atomic E-state index is 14.6. The zero-order valence-electron chi connectivity index (χ0n) is 37.6. The van der Waals surface area contributed by atoms with Gasteiger partial charge in [-0.05, 0) is 97.7 Å². The quantitative estimate of drug-likeness (QED) is 0.0529. The first-order valence-corrected chi connectivity index (χ1v) is 23.7. The molecule has 346 valence electrons. The van der Waals surface area contributed by atoms with Crippen LogP contribution in [-0.4, -0.2) is 65.1 Å². The van der Waals surface area contributed by atoms with Crippen molar-refractivity contribution < 1.29 is 41.5 Å². The first kappa shape index (κ1) is 47.3. The van der Waals surface area contributed by atoms with Gasteiger partial charge in [0.25, 0.3) is 5.91 Å². The number of aromatic nitrogens is 2. The molecule has 2 amide bonds. The van der Waals surface area contributed by atoms with E-state index in [1.54, 1.807) is 30.5 Å². The predicted octanol–water partition coefficient (Wildman–Crippen LogP) is 8.71. The first-order valence-electron chi connectivity index (χ1n) is 22.1. The number of hydrogen-bond donors (Lipinski definition) is 3. The van der Waals surface area contributed by atoms with Gasteiger partial charge >= 0.3 is 0 Å². The number of unbranched alkanes of at least 4 members (excludes halogenated alkanes) is 2. The third-order valence-corrected chi connectivity index (χ3v) is 13.4. The van der Waals surface area contributed by atoms with E-state index in [1.165, 1.54) is 11.0 Å². The van der Waals surface area contributed by atoms with Gasteiger partial charge in [-0.25, -0.2) is 17.8 Å². The van der Waals surface area contributed by atoms with Crippen LogP contribution in [0.4, 0.5) is 27.5 Å². The van der Waals surface area contributed by atoms with Crippen molar-refractivity contribution >= 4 is 56.4 Å². The Bertz CT molecular complexity index is 2710. The molecule has 1 aliphatic heterocycles. The van der Waals surface area contributed by atoms with E-state index >= 15 is 0 Å². The van der Waals surface area contributed by atoms with Crippen molar-refractivity contribution in [3.63, 3.8) is 0 Å². The third-order valence-electron chi connectivity index (χ3n) is 11.2. The summed E-state index contributed by atoms with van der Waals surface area (Å²) in [6.45, 7) is 8.66. The molecule has 16 heteroatoms. The third kappa shape index (κ3) is 12.6. The summed E-state index contributed by atoms with van der Waals surface area (Å²) in [6.07, 6.45) is 4.71. The summed E-state index contributed by atoms with van der Waals surface area (Å²) in [5.41, 5.74) is 4.19. The van der Waals surface area contributed by atoms with Crippen molar-refractivity contribution in [3.8, 4) is 11.5 Å². The molecule has 7 rings (SSSR count). The molecular weight excluding hydrogens is 864 g/mol. The van der Waals surface area contributed by atoms with Gasteiger partial charge in [0.2, 0.25) is 11.9 Å². The molecule has 3 N–H and O–H groups in total. The zero-order chi connectivity index (χ0) is 47.0. The Balaban J connectivity index is 0.787. The molecule has 1 fully saturated rings. The summed E-state index contributed by atoms with van der Waals surface area (Å²) < 4.78 is 52.4. The molecule has 2 heterocycles. The highest BCUT2D eigenvalue weighted by molar-refractivity contribution is 7.91. The highest BCUT2D eigenvalue weighted by atomic mass is 32.2. The maximum Gasteiger partial charge on any atom is 0.255 e. The molecule has 0 bridgehead atoms. The minimum absolute atomic E-state index is 0.0363. The number of anilines is 4. The number of ketones is 2. The number of ether oxygens (including phenoxy) is 2. The number of amides is 2. The van der Waals surface area contributed by atoms with E-state index < -0.39 is 27.6 Å². The summed E-state index contributed by atoms with van der Waals surface area (Å²) in [5, 5.41) is 9.40. The van der Waals surface area contributed by atoms with E-state index in [0.717, 1.165) is 41.3 Å². The fourth-order valence-corrected chi connectivity index (χ4v) is 9.74. The number of fused-ring (bicyclic) bond motifs is 1. The normalized spacial score (nSPS) is 15.1. The molecule has 0 saturated heterocycles. The summed E-state index contributed by atoms with van der Waals surface area (Å²) in [6, 6.07) is 23.4. The van der Waals surface area contributed by atoms with E-state index in [0.29, 0.717) is 54.8 Å². The van der Waals surface area contributed by atoms with E-state index in [-0.39, 0.29) is 77.3 Å². The lowest BCUT2D eigenvalue weighted by molar-refractivity contribution is -0.133. The van der Waals surface area contributed by atoms with Crippen LogP contribution in [0.3, 0.4) is 0 Å². The number of carbonyl (C=O) groups excluding carboxylic acids is 4. The second-order valence-corrected chi connectivity index (χ2v) is 20.0. The Hall–Kier alpha value is -6.68. The number of halogens is 1. The lowest BCUT2D eigenvalue weighted by atomic mass is 9.92. The number of nitrogens with one attached hydrogen (secondary N) is 3. The Kier molecular flexibility index (Phi) is 14.8. The molecule has 0 spiro atoms. The van der Waals surface area contributed by atoms with Gasteiger partial charge in [-0.3, -0.25) is 19.2 Å². The summed E-state index contributed by atoms with van der Waals surface area (Å²) in [4.78, 5) is 60.7. The minimum atomic E-state index is -3.47. The van der Waals surface area contributed by atoms with Crippen molar-refractivity contribution in [2.45, 2.75) is 103 Å². The summed E-state index contributed by atoms with van der Waals surface area (Å²) in [7, 11) is -3.47. The number of nitrogens with zero attached hydrogens (tertiary/aromatic N) is 3. The van der Waals surface area contributed by atoms with Crippen LogP contribution in [0.1, 0.15) is 98.3 Å². The number of carbonyl (C=O) groups is 4. The number of hydrogen-bond acceptors (Lipinski definition) is 12. The van der Waals surface area contributed by atoms with Crippen molar-refractivity contribution in [2.24, 2.45) is 5.41 Å². The highest BCUT2D eigenvalue weighted by Crippen LogP contribution is 2.36. The molecule has 66 heavy (non-hydrogen) atoms. The molecule has 1 saturated carbocycles. The van der Waals surface area contributed by atoms with Crippen LogP contribution in [0, 0.1) is 18.2 Å². The average molecular weight is 919 g/mol. The SMILES string of the molecule is Cc1cnc(Nc2ccc(OCCCCCC(=O)NCc3ccc(COc4cc(F)cc5c4CN([C@H]4CCC(=O)CC4=O)C5=O)cc3)cc2)nc1Nc1cccc(S(=O)(=O)CC(C)(C)C)c1. The first-order chi connectivity index (χ1) is 31.5. The summed E-state index contributed by atoms with van der Waals surface area (Å²) >= 11 is 0. The van der Waals surface area contributed by atoms with Gasteiger partial charge in [0, 0.05) is 54.2 Å². The lowest BCUT2D eigenvalue weighted by Crippen LogP contribution is -2.44. The van der Waals surface area contributed by atoms with Crippen molar-refractivity contribution in [1.29, 1.82) is 0 Å². The van der Waals surface area contributed by atoms with Gasteiger partial charge in [-0.2, -0.15) is 4.98 Å². The number of aryl methyl sites for hydroxylation is 1. The number of sulfone groups is 1. The number of benzene rings is 4. The van der Waals surface area contributed by atoms with Crippen LogP contribution in [0.15, 0.2) is 96.0 Å². The largest absolute Gasteiger partial charge is 0.494 e. The highest BCUT2D eigenvalue weighted by Gasteiger charge is 2.40. The molecule has 2 aliphatic rings. The van der Waals surface area contributed by atoms with E-state index in [2.05, 4.69) is 25.9 Å². The number of Topliss-reactive ketones (excluding diaryl/α,β-unsaturated/α-hetero) is 2. The second kappa shape index (κ2) is 20.7. The topological polar surface area (TPSA) is 186 Å². The van der Waals surface area contributed by atoms with Gasteiger partial charge < -0.3 is 30.3 Å². The molecule has 5 aromatic rings. The molecule has 0 radical (unpaired) electrons. The Morgan fingerprint density at radius 1 is 0.894 bits per heavy atom. The molecule has 1 atom stereocenters. The van der Waals surface area contributed by atoms with E-state index in [9.17, 15) is 32.0 Å². The second-order valence-electron chi connectivity index (χ2n) is 18.0. The van der Waals surface area contributed by atoms with Crippen molar-refractivity contribution in [2.75, 3.05) is 23.0 Å². The lowest BCUT2D eigenvalue weighted by Gasteiger charge is -2.29. The van der Waals surface area contributed by atoms with Crippen LogP contribution in [0.5, 0.6) is 11.5 Å². The van der Waals surface area contributed by atoms with Crippen molar-refractivity contribution in [3.05, 3.63) is 125 Å². The molecular formula is C50H55FN6O8S. The Labute approximate surface area is 384 Å². The van der Waals surface area contributed by atoms with Gasteiger partial charge in [-0.15, -0.1) is 0 Å². The molecule has 1 aliphatic carbocycles. The Morgan fingerprint density at radius 2 is 1.65 bits per heavy atom. The van der Waals surface area contributed by atoms with Gasteiger partial charge in [0.15, 0.2) is 15.6 Å². The van der Waals surface area contributed by atoms with Crippen molar-refractivity contribution in [1.82, 2.24) is 20.2 Å². The van der Waals surface area contributed by atoms with Crippen LogP contribution < -0.4 is 25.4 Å². The van der Waals surface area contributed by atoms with E-state index in [4.69, 9.17) is 9.47 Å². The van der Waals surface area contributed by atoms with Gasteiger partial charge in [-0.1, -0.05) is 51.1 Å². The molecule has 4 aromatic carbocycles. The van der Waals surface area contributed by atoms with Gasteiger partial charge in [0.05, 0.1) is 41.8 Å². The van der Waals surface area contributed by atoms with E-state index in [1.807, 2.05) is 76.2 Å². The molecule has 0 unspecified atom stereocenters. The zero-order valence-corrected chi connectivity index (χ0v) is 38.4. The smallest absolute Gasteiger partial charge is 0.255 e. The number of rotatable bonds is 19. The maximum atomic E-state index is 14.6. The fourth-order valence-electron chi connectivity index (χ4n) is 7.84. The predicted molar refractivity (Wildman–Crippen MR) is 248 cm³/mol. The van der Waals surface area contributed by atoms with Crippen LogP contribution in [0.25, 0.3) is 0 Å². The standard InChI is InChI=1S/C50H55FN6O8S/c1-32-27-53-49(56-47(32)54-37-9-8-10-40(25-37)66(62,63)31-50(2,3)4)55-36-16-19-39(20-17-36)64-22-7-5-6-11-46(60)52-28-33-12-14-34(15-13-33)30-65-45-24-35(51)23-41-42(45)29-57(48(41)61)43-21-18-38(58)26-44(43)59/h8-10,12-17,19-20,23-25,27,43H,5-7,11,18,21-22,26,28-31H2,1-4H3,(H,52,60)(H2,53,54,55,56)/t43-/m0/s1. The molecule has 14 nitrogen and oxygen atoms in total. The Morgan fingerprint density at radius 3 is 2.39 bits per heavy atom. The van der Waals surface area contributed by atoms with Crippen LogP contribution in [-0.2, 0) is 43.9 Å². The van der Waals surface area contributed by atoms with Crippen LogP contribution >= 0.6 is 0 Å². The average Bonchev–Trinajstić information content (AvgIpc) is 3.59. The van der Waals surface area contributed by atoms with Crippen LogP contribution in [0.2, 0.25) is 0 Å². The van der Waals surface area contributed by atoms with Gasteiger partial charge in [0.1, 0.15) is 35.5 Å². The fraction of sp³-hybridized carbons (Fsp3) is 0.360. The monoisotopic (exact) mass is 918 g/mol. The molecule has 1 aromatic heterocycles. The summed E-state index contributed by atoms with van der Waals surface area (Å²) in [5.74, 6) is 0.369.